The number of aliphatic hydroxyl groups excluding tert-OH is 1. The van der Waals surface area contributed by atoms with Crippen molar-refractivity contribution in [1.82, 2.24) is 0 Å². The van der Waals surface area contributed by atoms with Crippen LogP contribution in [-0.4, -0.2) is 35.7 Å². The van der Waals surface area contributed by atoms with Crippen LogP contribution in [0.1, 0.15) is 58.1 Å². The fourth-order valence-electron chi connectivity index (χ4n) is 7.12. The molecule has 8 aromatic carbocycles. The molecule has 0 aromatic heterocycles. The van der Waals surface area contributed by atoms with Crippen molar-refractivity contribution in [3.05, 3.63) is 221 Å². The second kappa shape index (κ2) is 18.4. The van der Waals surface area contributed by atoms with E-state index in [0.29, 0.717) is 39.5 Å². The molecular weight excluding hydrogens is 777 g/mol. The molecule has 0 radical (unpaired) electrons. The number of ether oxygens (including phenoxy) is 3. The van der Waals surface area contributed by atoms with Crippen molar-refractivity contribution in [3.63, 3.8) is 0 Å². The maximum atomic E-state index is 13.6. The summed E-state index contributed by atoms with van der Waals surface area (Å²) in [5.41, 5.74) is 5.43. The predicted molar refractivity (Wildman–Crippen MR) is 242 cm³/mol. The lowest BCUT2D eigenvalue weighted by atomic mass is 9.86. The van der Waals surface area contributed by atoms with E-state index in [1.54, 1.807) is 116 Å². The zero-order chi connectivity index (χ0) is 43.0. The summed E-state index contributed by atoms with van der Waals surface area (Å²) < 4.78 is 16.1. The van der Waals surface area contributed by atoms with Gasteiger partial charge < -0.3 is 19.3 Å². The highest BCUT2D eigenvalue weighted by Gasteiger charge is 2.17. The molecular formula is C54H38O8. The summed E-state index contributed by atoms with van der Waals surface area (Å²) in [5.74, 6) is -0.271. The minimum absolute atomic E-state index is 0.113. The van der Waals surface area contributed by atoms with Crippen molar-refractivity contribution in [2.45, 2.75) is 6.61 Å². The Kier molecular flexibility index (Phi) is 12.0. The molecule has 0 aliphatic heterocycles. The van der Waals surface area contributed by atoms with Crippen LogP contribution in [0.15, 0.2) is 182 Å². The average molecular weight is 815 g/mol. The van der Waals surface area contributed by atoms with Crippen LogP contribution < -0.4 is 14.2 Å². The average Bonchev–Trinajstić information content (AvgIpc) is 3.32. The first kappa shape index (κ1) is 40.6. The molecule has 0 saturated heterocycles. The minimum atomic E-state index is -0.570. The number of hydrogen-bond acceptors (Lipinski definition) is 8. The number of carbonyl (C=O) groups excluding carboxylic acids is 4. The van der Waals surface area contributed by atoms with Crippen molar-refractivity contribution in [3.8, 4) is 28.4 Å². The number of hydrogen-bond donors (Lipinski definition) is 1. The quantitative estimate of drug-likeness (QED) is 0.0529. The van der Waals surface area contributed by atoms with Crippen molar-refractivity contribution in [2.75, 3.05) is 7.11 Å². The molecule has 302 valence electrons. The monoisotopic (exact) mass is 814 g/mol. The van der Waals surface area contributed by atoms with Gasteiger partial charge in [-0.05, 0) is 122 Å². The summed E-state index contributed by atoms with van der Waals surface area (Å²) in [6.07, 6.45) is 6.64. The summed E-state index contributed by atoms with van der Waals surface area (Å²) in [4.78, 5) is 52.9. The number of allylic oxidation sites excluding steroid dienone is 2. The van der Waals surface area contributed by atoms with Gasteiger partial charge in [0.05, 0.1) is 24.8 Å². The van der Waals surface area contributed by atoms with Gasteiger partial charge in [-0.25, -0.2) is 9.59 Å². The highest BCUT2D eigenvalue weighted by molar-refractivity contribution is 6.14. The highest BCUT2D eigenvalue weighted by Crippen LogP contribution is 2.40. The Morgan fingerprint density at radius 2 is 0.839 bits per heavy atom. The van der Waals surface area contributed by atoms with Gasteiger partial charge in [0, 0.05) is 11.1 Å². The van der Waals surface area contributed by atoms with E-state index in [2.05, 4.69) is 0 Å². The molecule has 0 aliphatic rings. The lowest BCUT2D eigenvalue weighted by Gasteiger charge is -2.17. The fraction of sp³-hybridized carbons (Fsp3) is 0.0370. The lowest BCUT2D eigenvalue weighted by molar-refractivity contribution is 0.0725. The van der Waals surface area contributed by atoms with Gasteiger partial charge in [-0.3, -0.25) is 9.59 Å². The Balaban J connectivity index is 1.07. The van der Waals surface area contributed by atoms with Crippen LogP contribution in [0.3, 0.4) is 0 Å². The Labute approximate surface area is 357 Å². The fourth-order valence-corrected chi connectivity index (χ4v) is 7.12. The molecule has 8 heteroatoms. The predicted octanol–water partition coefficient (Wildman–Crippen LogP) is 11.4. The van der Waals surface area contributed by atoms with Crippen LogP contribution >= 0.6 is 0 Å². The maximum Gasteiger partial charge on any atom is 0.343 e. The van der Waals surface area contributed by atoms with E-state index in [1.807, 2.05) is 72.8 Å². The first-order valence-corrected chi connectivity index (χ1v) is 19.7. The van der Waals surface area contributed by atoms with Gasteiger partial charge in [0.15, 0.2) is 11.6 Å². The Morgan fingerprint density at radius 1 is 0.452 bits per heavy atom. The number of carbonyl (C=O) groups is 4. The van der Waals surface area contributed by atoms with E-state index in [1.165, 1.54) is 12.2 Å². The summed E-state index contributed by atoms with van der Waals surface area (Å²) in [6.45, 7) is -0.113. The Bertz CT molecular complexity index is 2810. The topological polar surface area (TPSA) is 116 Å². The molecule has 0 atom stereocenters. The number of fused-ring (bicyclic) bond motifs is 2. The van der Waals surface area contributed by atoms with Crippen LogP contribution in [0.25, 0.3) is 44.8 Å². The molecule has 1 N–H and O–H groups in total. The summed E-state index contributed by atoms with van der Waals surface area (Å²) in [6, 6.07) is 49.9. The first-order valence-electron chi connectivity index (χ1n) is 19.7. The standard InChI is InChI=1S/C54H38O8/c1-60-44-28-30-46(31-29-44)62-54(59)43-22-16-39(17-23-43)50(57)33-25-41-19-13-37-7-3-5-9-48(37)52(41)51-40(18-12-36-6-2-4-8-47(36)51)24-32-49(56)38-14-20-42(21-15-38)53(58)61-45-26-10-35(34-55)11-27-45/h2-33,55H,34H2,1H3/b32-24+,33-25+. The third-order valence-corrected chi connectivity index (χ3v) is 10.4. The van der Waals surface area contributed by atoms with E-state index in [4.69, 9.17) is 14.2 Å². The molecule has 8 rings (SSSR count). The van der Waals surface area contributed by atoms with Crippen molar-refractivity contribution in [1.29, 1.82) is 0 Å². The van der Waals surface area contributed by atoms with Gasteiger partial charge in [0.1, 0.15) is 17.2 Å². The number of ketones is 2. The van der Waals surface area contributed by atoms with Crippen LogP contribution in [0, 0.1) is 0 Å². The molecule has 0 fully saturated rings. The SMILES string of the molecule is COc1ccc(OC(=O)c2ccc(C(=O)/C=C/c3ccc4ccccc4c3-c3c(/C=C/C(=O)c4ccc(C(=O)Oc5ccc(CO)cc5)cc4)ccc4ccccc34)cc2)cc1. The van der Waals surface area contributed by atoms with Crippen LogP contribution in [0.4, 0.5) is 0 Å². The summed E-state index contributed by atoms with van der Waals surface area (Å²) in [7, 11) is 1.56. The molecule has 0 heterocycles. The molecule has 0 unspecified atom stereocenters. The molecule has 62 heavy (non-hydrogen) atoms. The van der Waals surface area contributed by atoms with E-state index in [9.17, 15) is 24.3 Å². The molecule has 0 spiro atoms. The molecule has 8 aromatic rings. The van der Waals surface area contributed by atoms with Crippen LogP contribution in [0.5, 0.6) is 17.2 Å². The van der Waals surface area contributed by atoms with Gasteiger partial charge in [0.25, 0.3) is 0 Å². The second-order valence-electron chi connectivity index (χ2n) is 14.3. The number of esters is 2. The number of benzene rings is 8. The zero-order valence-electron chi connectivity index (χ0n) is 33.5. The summed E-state index contributed by atoms with van der Waals surface area (Å²) >= 11 is 0. The second-order valence-corrected chi connectivity index (χ2v) is 14.3. The Morgan fingerprint density at radius 3 is 1.26 bits per heavy atom. The maximum absolute atomic E-state index is 13.6. The third kappa shape index (κ3) is 9.01. The zero-order valence-corrected chi connectivity index (χ0v) is 33.5. The molecule has 0 bridgehead atoms. The van der Waals surface area contributed by atoms with E-state index in [0.717, 1.165) is 43.8 Å². The number of aliphatic hydroxyl groups is 1. The molecule has 8 nitrogen and oxygen atoms in total. The number of rotatable bonds is 13. The van der Waals surface area contributed by atoms with E-state index < -0.39 is 11.9 Å². The molecule has 0 saturated carbocycles. The summed E-state index contributed by atoms with van der Waals surface area (Å²) in [5, 5.41) is 13.2. The molecule has 0 amide bonds. The largest absolute Gasteiger partial charge is 0.497 e. The normalized spacial score (nSPS) is 11.3. The van der Waals surface area contributed by atoms with Crippen molar-refractivity contribution in [2.24, 2.45) is 0 Å². The number of methoxy groups -OCH3 is 1. The minimum Gasteiger partial charge on any atom is -0.497 e. The van der Waals surface area contributed by atoms with E-state index in [-0.39, 0.29) is 23.7 Å². The molecule has 0 aliphatic carbocycles. The lowest BCUT2D eigenvalue weighted by Crippen LogP contribution is -2.09. The van der Waals surface area contributed by atoms with Crippen molar-refractivity contribution >= 4 is 57.2 Å². The van der Waals surface area contributed by atoms with Crippen LogP contribution in [0.2, 0.25) is 0 Å². The first-order chi connectivity index (χ1) is 30.3. The van der Waals surface area contributed by atoms with Gasteiger partial charge in [-0.1, -0.05) is 121 Å². The van der Waals surface area contributed by atoms with Gasteiger partial charge in [-0.15, -0.1) is 0 Å². The Hall–Kier alpha value is -8.20. The third-order valence-electron chi connectivity index (χ3n) is 10.4. The highest BCUT2D eigenvalue weighted by atomic mass is 16.5. The van der Waals surface area contributed by atoms with E-state index >= 15 is 0 Å². The van der Waals surface area contributed by atoms with Crippen molar-refractivity contribution < 1.29 is 38.5 Å². The van der Waals surface area contributed by atoms with Crippen LogP contribution in [-0.2, 0) is 6.61 Å². The van der Waals surface area contributed by atoms with Gasteiger partial charge in [-0.2, -0.15) is 0 Å². The smallest absolute Gasteiger partial charge is 0.343 e. The van der Waals surface area contributed by atoms with Gasteiger partial charge in [0.2, 0.25) is 0 Å². The van der Waals surface area contributed by atoms with Gasteiger partial charge >= 0.3 is 11.9 Å².